The number of nitrogens with two attached hydrogens (primary N) is 1. The van der Waals surface area contributed by atoms with Crippen molar-refractivity contribution in [3.63, 3.8) is 0 Å². The Morgan fingerprint density at radius 3 is 2.42 bits per heavy atom. The van der Waals surface area contributed by atoms with Crippen LogP contribution in [0.1, 0.15) is 25.7 Å². The fraction of sp³-hybridized carbons (Fsp3) is 0.409. The highest BCUT2D eigenvalue weighted by atomic mass is 32.2. The van der Waals surface area contributed by atoms with Crippen LogP contribution in [0.4, 0.5) is 15.8 Å². The van der Waals surface area contributed by atoms with Crippen molar-refractivity contribution >= 4 is 27.3 Å². The molecule has 0 bridgehead atoms. The van der Waals surface area contributed by atoms with Gasteiger partial charge in [-0.1, -0.05) is 6.07 Å². The molecule has 1 amide bonds. The normalized spacial score (nSPS) is 20.7. The number of rotatable bonds is 6. The zero-order valence-electron chi connectivity index (χ0n) is 17.2. The van der Waals surface area contributed by atoms with Gasteiger partial charge in [-0.15, -0.1) is 0 Å². The number of halogens is 1. The average molecular weight is 447 g/mol. The van der Waals surface area contributed by atoms with E-state index in [2.05, 4.69) is 14.5 Å². The number of nitrogens with one attached hydrogen (secondary N) is 1. The minimum Gasteiger partial charge on any atom is -0.371 e. The second-order valence-corrected chi connectivity index (χ2v) is 9.81. The summed E-state index contributed by atoms with van der Waals surface area (Å²) in [5.41, 5.74) is 6.96. The van der Waals surface area contributed by atoms with Gasteiger partial charge in [0.1, 0.15) is 5.82 Å². The Kier molecular flexibility index (Phi) is 6.15. The van der Waals surface area contributed by atoms with Crippen LogP contribution < -0.4 is 15.4 Å². The van der Waals surface area contributed by atoms with E-state index in [4.69, 9.17) is 5.73 Å². The number of sulfonamides is 1. The van der Waals surface area contributed by atoms with E-state index < -0.39 is 15.8 Å². The highest BCUT2D eigenvalue weighted by Crippen LogP contribution is 2.29. The zero-order valence-corrected chi connectivity index (χ0v) is 18.0. The Morgan fingerprint density at radius 1 is 1.03 bits per heavy atom. The number of hydrogen-bond donors (Lipinski definition) is 2. The lowest BCUT2D eigenvalue weighted by atomic mass is 10.0. The van der Waals surface area contributed by atoms with Crippen LogP contribution in [0.3, 0.4) is 0 Å². The maximum Gasteiger partial charge on any atom is 0.261 e. The smallest absolute Gasteiger partial charge is 0.261 e. The number of carbonyl (C=O) groups excluding carboxylic acids is 1. The Bertz CT molecular complexity index is 1040. The van der Waals surface area contributed by atoms with Crippen LogP contribution in [0.25, 0.3) is 0 Å². The van der Waals surface area contributed by atoms with Crippen LogP contribution in [0.5, 0.6) is 0 Å². The number of hydrogen-bond acceptors (Lipinski definition) is 5. The van der Waals surface area contributed by atoms with Gasteiger partial charge in [0.15, 0.2) is 0 Å². The van der Waals surface area contributed by atoms with Gasteiger partial charge in [-0.05, 0) is 74.7 Å². The van der Waals surface area contributed by atoms with Crippen LogP contribution in [0.2, 0.25) is 0 Å². The van der Waals surface area contributed by atoms with Gasteiger partial charge in [-0.3, -0.25) is 14.4 Å². The van der Waals surface area contributed by atoms with Crippen molar-refractivity contribution in [2.24, 2.45) is 5.73 Å². The van der Waals surface area contributed by atoms with Crippen LogP contribution >= 0.6 is 0 Å². The first kappa shape index (κ1) is 21.6. The van der Waals surface area contributed by atoms with Gasteiger partial charge in [-0.25, -0.2) is 12.8 Å². The molecule has 166 valence electrons. The monoisotopic (exact) mass is 446 g/mol. The van der Waals surface area contributed by atoms with Gasteiger partial charge < -0.3 is 10.6 Å². The van der Waals surface area contributed by atoms with Gasteiger partial charge in [-0.2, -0.15) is 0 Å². The van der Waals surface area contributed by atoms with Gasteiger partial charge in [0.2, 0.25) is 5.91 Å². The molecule has 0 aromatic heterocycles. The molecule has 4 rings (SSSR count). The summed E-state index contributed by atoms with van der Waals surface area (Å²) in [5, 5.41) is 0. The number of carbonyl (C=O) groups is 1. The molecule has 9 heteroatoms. The Hall–Kier alpha value is -2.65. The summed E-state index contributed by atoms with van der Waals surface area (Å²) in [6.45, 7) is 2.56. The van der Waals surface area contributed by atoms with Crippen molar-refractivity contribution in [1.29, 1.82) is 0 Å². The second kappa shape index (κ2) is 8.84. The molecule has 0 spiro atoms. The quantitative estimate of drug-likeness (QED) is 0.711. The fourth-order valence-electron chi connectivity index (χ4n) is 4.58. The third-order valence-electron chi connectivity index (χ3n) is 6.14. The van der Waals surface area contributed by atoms with E-state index in [1.807, 2.05) is 18.2 Å². The van der Waals surface area contributed by atoms with E-state index in [0.29, 0.717) is 11.7 Å². The molecular formula is C22H27FN4O3S. The van der Waals surface area contributed by atoms with Crippen molar-refractivity contribution in [1.82, 2.24) is 4.90 Å². The molecule has 2 saturated heterocycles. The van der Waals surface area contributed by atoms with Crippen molar-refractivity contribution < 1.29 is 17.6 Å². The summed E-state index contributed by atoms with van der Waals surface area (Å²) in [6.07, 6.45) is 3.69. The molecule has 2 fully saturated rings. The third kappa shape index (κ3) is 4.83. The van der Waals surface area contributed by atoms with E-state index in [1.54, 1.807) is 6.07 Å². The Balaban J connectivity index is 1.41. The maximum atomic E-state index is 13.1. The number of benzene rings is 2. The first-order valence-electron chi connectivity index (χ1n) is 10.5. The highest BCUT2D eigenvalue weighted by molar-refractivity contribution is 7.92. The van der Waals surface area contributed by atoms with Gasteiger partial charge in [0.25, 0.3) is 10.0 Å². The molecule has 0 radical (unpaired) electrons. The zero-order chi connectivity index (χ0) is 22.0. The standard InChI is InChI=1S/C22H27FN4O3S/c23-16-6-8-20(9-7-16)31(29,30)25-17-3-1-4-19(15-17)26-13-10-18(11-14-26)27-12-2-5-21(27)22(24)28/h1,3-4,6-9,15,18,21,25H,2,5,10-14H2,(H2,24,28)/t21-/m0/s1. The molecule has 3 N–H and O–H groups in total. The van der Waals surface area contributed by atoms with E-state index in [-0.39, 0.29) is 16.8 Å². The van der Waals surface area contributed by atoms with Crippen molar-refractivity contribution in [2.45, 2.75) is 42.7 Å². The molecule has 1 atom stereocenters. The predicted octanol–water partition coefficient (Wildman–Crippen LogP) is 2.54. The summed E-state index contributed by atoms with van der Waals surface area (Å²) in [5.74, 6) is -0.721. The molecule has 0 aliphatic carbocycles. The lowest BCUT2D eigenvalue weighted by Crippen LogP contribution is -2.50. The predicted molar refractivity (Wildman–Crippen MR) is 118 cm³/mol. The van der Waals surface area contributed by atoms with Crippen molar-refractivity contribution in [3.8, 4) is 0 Å². The number of anilines is 2. The molecule has 31 heavy (non-hydrogen) atoms. The number of nitrogens with zero attached hydrogens (tertiary/aromatic N) is 2. The molecule has 2 aliphatic heterocycles. The Labute approximate surface area is 182 Å². The molecule has 0 saturated carbocycles. The van der Waals surface area contributed by atoms with Crippen molar-refractivity contribution in [3.05, 3.63) is 54.3 Å². The molecule has 2 aromatic carbocycles. The second-order valence-electron chi connectivity index (χ2n) is 8.13. The fourth-order valence-corrected chi connectivity index (χ4v) is 5.63. The molecule has 7 nitrogen and oxygen atoms in total. The van der Waals surface area contributed by atoms with Crippen LogP contribution in [0, 0.1) is 5.82 Å². The van der Waals surface area contributed by atoms with Crippen LogP contribution in [-0.4, -0.2) is 50.9 Å². The summed E-state index contributed by atoms with van der Waals surface area (Å²) >= 11 is 0. The minimum atomic E-state index is -3.80. The third-order valence-corrected chi connectivity index (χ3v) is 7.54. The number of piperidine rings is 1. The van der Waals surface area contributed by atoms with E-state index in [0.717, 1.165) is 63.1 Å². The van der Waals surface area contributed by atoms with Gasteiger partial charge >= 0.3 is 0 Å². The molecule has 0 unspecified atom stereocenters. The first-order chi connectivity index (χ1) is 14.8. The lowest BCUT2D eigenvalue weighted by molar-refractivity contribution is -0.123. The Morgan fingerprint density at radius 2 is 1.74 bits per heavy atom. The molecular weight excluding hydrogens is 419 g/mol. The first-order valence-corrected chi connectivity index (χ1v) is 12.0. The number of likely N-dealkylation sites (tertiary alicyclic amines) is 1. The molecule has 2 aliphatic rings. The van der Waals surface area contributed by atoms with Crippen LogP contribution in [0.15, 0.2) is 53.4 Å². The topological polar surface area (TPSA) is 95.7 Å². The van der Waals surface area contributed by atoms with Gasteiger partial charge in [0.05, 0.1) is 16.6 Å². The number of primary amides is 1. The summed E-state index contributed by atoms with van der Waals surface area (Å²) in [6, 6.07) is 12.2. The SMILES string of the molecule is NC(=O)[C@@H]1CCCN1C1CCN(c2cccc(NS(=O)(=O)c3ccc(F)cc3)c2)CC1. The van der Waals surface area contributed by atoms with E-state index in [9.17, 15) is 17.6 Å². The summed E-state index contributed by atoms with van der Waals surface area (Å²) < 4.78 is 40.8. The lowest BCUT2D eigenvalue weighted by Gasteiger charge is -2.39. The molecule has 2 aromatic rings. The van der Waals surface area contributed by atoms with Gasteiger partial charge in [0, 0.05) is 24.8 Å². The number of amides is 1. The molecule has 2 heterocycles. The highest BCUT2D eigenvalue weighted by Gasteiger charge is 2.35. The van der Waals surface area contributed by atoms with E-state index >= 15 is 0 Å². The minimum absolute atomic E-state index is 0.00901. The van der Waals surface area contributed by atoms with Crippen molar-refractivity contribution in [2.75, 3.05) is 29.3 Å². The summed E-state index contributed by atoms with van der Waals surface area (Å²) in [7, 11) is -3.80. The largest absolute Gasteiger partial charge is 0.371 e. The average Bonchev–Trinajstić information content (AvgIpc) is 3.24. The van der Waals surface area contributed by atoms with Crippen LogP contribution in [-0.2, 0) is 14.8 Å². The maximum absolute atomic E-state index is 13.1. The van der Waals surface area contributed by atoms with E-state index in [1.165, 1.54) is 12.1 Å². The summed E-state index contributed by atoms with van der Waals surface area (Å²) in [4.78, 5) is 16.2.